The fourth-order valence-corrected chi connectivity index (χ4v) is 2.52. The topological polar surface area (TPSA) is 65.5 Å². The Hall–Kier alpha value is -1.80. The molecular formula is C19H24ClIN4O. The molecule has 1 amide bonds. The number of hydrogen-bond acceptors (Lipinski definition) is 2. The number of halogens is 2. The predicted octanol–water partition coefficient (Wildman–Crippen LogP) is 3.10. The van der Waals surface area contributed by atoms with Gasteiger partial charge in [-0.3, -0.25) is 9.79 Å². The Bertz CT molecular complexity index is 710. The van der Waals surface area contributed by atoms with Gasteiger partial charge in [0.1, 0.15) is 0 Å². The van der Waals surface area contributed by atoms with Crippen molar-refractivity contribution in [3.63, 3.8) is 0 Å². The molecule has 0 radical (unpaired) electrons. The summed E-state index contributed by atoms with van der Waals surface area (Å²) in [5, 5.41) is 10.0. The van der Waals surface area contributed by atoms with Crippen LogP contribution in [0.15, 0.2) is 59.6 Å². The zero-order chi connectivity index (χ0) is 17.9. The van der Waals surface area contributed by atoms with Crippen molar-refractivity contribution in [2.75, 3.05) is 26.7 Å². The van der Waals surface area contributed by atoms with Crippen molar-refractivity contribution in [2.45, 2.75) is 6.42 Å². The number of guanidine groups is 1. The highest BCUT2D eigenvalue weighted by Crippen LogP contribution is 2.14. The molecule has 0 aliphatic rings. The number of carbonyl (C=O) groups is 1. The summed E-state index contributed by atoms with van der Waals surface area (Å²) >= 11 is 6.14. The maximum Gasteiger partial charge on any atom is 0.251 e. The van der Waals surface area contributed by atoms with Gasteiger partial charge in [-0.2, -0.15) is 0 Å². The van der Waals surface area contributed by atoms with E-state index in [4.69, 9.17) is 11.6 Å². The number of carbonyl (C=O) groups excluding carboxylic acids is 1. The van der Waals surface area contributed by atoms with E-state index in [0.717, 1.165) is 23.6 Å². The van der Waals surface area contributed by atoms with Crippen molar-refractivity contribution in [2.24, 2.45) is 4.99 Å². The molecule has 2 aromatic carbocycles. The Labute approximate surface area is 176 Å². The first-order valence-corrected chi connectivity index (χ1v) is 8.59. The minimum atomic E-state index is -0.0796. The van der Waals surface area contributed by atoms with Gasteiger partial charge in [-0.15, -0.1) is 24.0 Å². The van der Waals surface area contributed by atoms with Gasteiger partial charge in [-0.05, 0) is 30.2 Å². The summed E-state index contributed by atoms with van der Waals surface area (Å²) in [5.74, 6) is 0.616. The fraction of sp³-hybridized carbons (Fsp3) is 0.263. The van der Waals surface area contributed by atoms with E-state index in [0.29, 0.717) is 24.6 Å². The van der Waals surface area contributed by atoms with Gasteiger partial charge in [0.15, 0.2) is 5.96 Å². The van der Waals surface area contributed by atoms with Crippen LogP contribution in [0.2, 0.25) is 5.02 Å². The molecule has 2 rings (SSSR count). The SMILES string of the molecule is CN=C(NCCNC(=O)c1ccccc1)NCCc1ccccc1Cl.I. The van der Waals surface area contributed by atoms with Crippen LogP contribution < -0.4 is 16.0 Å². The number of amides is 1. The lowest BCUT2D eigenvalue weighted by Crippen LogP contribution is -2.42. The maximum atomic E-state index is 11.9. The number of rotatable bonds is 7. The molecule has 0 spiro atoms. The van der Waals surface area contributed by atoms with E-state index in [-0.39, 0.29) is 29.9 Å². The molecule has 26 heavy (non-hydrogen) atoms. The molecule has 7 heteroatoms. The molecule has 5 nitrogen and oxygen atoms in total. The van der Waals surface area contributed by atoms with Gasteiger partial charge in [-0.1, -0.05) is 48.0 Å². The Morgan fingerprint density at radius 2 is 1.54 bits per heavy atom. The maximum absolute atomic E-state index is 11.9. The quantitative estimate of drug-likeness (QED) is 0.244. The molecule has 2 aromatic rings. The minimum absolute atomic E-state index is 0. The van der Waals surface area contributed by atoms with Crippen LogP contribution in [0, 0.1) is 0 Å². The van der Waals surface area contributed by atoms with E-state index in [1.165, 1.54) is 0 Å². The zero-order valence-electron chi connectivity index (χ0n) is 14.7. The lowest BCUT2D eigenvalue weighted by Gasteiger charge is -2.12. The zero-order valence-corrected chi connectivity index (χ0v) is 17.8. The first kappa shape index (κ1) is 22.2. The average molecular weight is 487 g/mol. The van der Waals surface area contributed by atoms with Gasteiger partial charge < -0.3 is 16.0 Å². The van der Waals surface area contributed by atoms with E-state index in [1.54, 1.807) is 19.2 Å². The molecule has 0 saturated heterocycles. The van der Waals surface area contributed by atoms with Crippen LogP contribution in [0.25, 0.3) is 0 Å². The summed E-state index contributed by atoms with van der Waals surface area (Å²) in [7, 11) is 1.72. The van der Waals surface area contributed by atoms with Gasteiger partial charge in [0.25, 0.3) is 5.91 Å². The normalized spacial score (nSPS) is 10.6. The van der Waals surface area contributed by atoms with Crippen LogP contribution in [0.3, 0.4) is 0 Å². The molecule has 0 unspecified atom stereocenters. The number of hydrogen-bond donors (Lipinski definition) is 3. The lowest BCUT2D eigenvalue weighted by molar-refractivity contribution is 0.0954. The summed E-state index contributed by atoms with van der Waals surface area (Å²) in [6, 6.07) is 17.0. The Morgan fingerprint density at radius 3 is 2.23 bits per heavy atom. The number of nitrogens with one attached hydrogen (secondary N) is 3. The summed E-state index contributed by atoms with van der Waals surface area (Å²) in [6.45, 7) is 1.82. The Morgan fingerprint density at radius 1 is 0.923 bits per heavy atom. The third kappa shape index (κ3) is 7.61. The van der Waals surface area contributed by atoms with Crippen LogP contribution in [-0.2, 0) is 6.42 Å². The molecule has 0 aromatic heterocycles. The van der Waals surface area contributed by atoms with Gasteiger partial charge in [0.2, 0.25) is 0 Å². The Kier molecular flexibility index (Phi) is 10.7. The average Bonchev–Trinajstić information content (AvgIpc) is 2.65. The number of aliphatic imine (C=N–C) groups is 1. The van der Waals surface area contributed by atoms with Crippen molar-refractivity contribution in [1.82, 2.24) is 16.0 Å². The summed E-state index contributed by atoms with van der Waals surface area (Å²) in [5.41, 5.74) is 1.76. The van der Waals surface area contributed by atoms with Gasteiger partial charge in [-0.25, -0.2) is 0 Å². The molecule has 0 aliphatic heterocycles. The van der Waals surface area contributed by atoms with E-state index >= 15 is 0 Å². The molecule has 140 valence electrons. The van der Waals surface area contributed by atoms with Crippen molar-refractivity contribution in [1.29, 1.82) is 0 Å². The summed E-state index contributed by atoms with van der Waals surface area (Å²) in [6.07, 6.45) is 0.811. The highest BCUT2D eigenvalue weighted by molar-refractivity contribution is 14.0. The van der Waals surface area contributed by atoms with Crippen molar-refractivity contribution >= 4 is 47.4 Å². The molecular weight excluding hydrogens is 463 g/mol. The minimum Gasteiger partial charge on any atom is -0.356 e. The number of nitrogens with zero attached hydrogens (tertiary/aromatic N) is 1. The van der Waals surface area contributed by atoms with Crippen LogP contribution in [0.1, 0.15) is 15.9 Å². The molecule has 0 saturated carbocycles. The third-order valence-electron chi connectivity index (χ3n) is 3.61. The lowest BCUT2D eigenvalue weighted by atomic mass is 10.1. The summed E-state index contributed by atoms with van der Waals surface area (Å²) in [4.78, 5) is 16.1. The molecule has 3 N–H and O–H groups in total. The van der Waals surface area contributed by atoms with E-state index < -0.39 is 0 Å². The van der Waals surface area contributed by atoms with Gasteiger partial charge in [0, 0.05) is 37.3 Å². The number of benzene rings is 2. The van der Waals surface area contributed by atoms with Crippen LogP contribution in [-0.4, -0.2) is 38.5 Å². The summed E-state index contributed by atoms with van der Waals surface area (Å²) < 4.78 is 0. The molecule has 0 heterocycles. The Balaban J connectivity index is 0.00000338. The highest BCUT2D eigenvalue weighted by Gasteiger charge is 2.04. The van der Waals surface area contributed by atoms with Crippen molar-refractivity contribution in [3.05, 3.63) is 70.7 Å². The highest BCUT2D eigenvalue weighted by atomic mass is 127. The van der Waals surface area contributed by atoms with Crippen molar-refractivity contribution < 1.29 is 4.79 Å². The largest absolute Gasteiger partial charge is 0.356 e. The predicted molar refractivity (Wildman–Crippen MR) is 119 cm³/mol. The molecule has 0 fully saturated rings. The fourth-order valence-electron chi connectivity index (χ4n) is 2.29. The van der Waals surface area contributed by atoms with E-state index in [1.807, 2.05) is 42.5 Å². The second-order valence-electron chi connectivity index (χ2n) is 5.39. The second kappa shape index (κ2) is 12.5. The molecule has 0 atom stereocenters. The third-order valence-corrected chi connectivity index (χ3v) is 3.98. The smallest absolute Gasteiger partial charge is 0.251 e. The molecule has 0 aliphatic carbocycles. The van der Waals surface area contributed by atoms with Crippen LogP contribution in [0.4, 0.5) is 0 Å². The second-order valence-corrected chi connectivity index (χ2v) is 5.80. The first-order chi connectivity index (χ1) is 12.2. The van der Waals surface area contributed by atoms with Crippen molar-refractivity contribution in [3.8, 4) is 0 Å². The van der Waals surface area contributed by atoms with E-state index in [2.05, 4.69) is 20.9 Å². The van der Waals surface area contributed by atoms with E-state index in [9.17, 15) is 4.79 Å². The molecule has 0 bridgehead atoms. The van der Waals surface area contributed by atoms with Crippen LogP contribution >= 0.6 is 35.6 Å². The first-order valence-electron chi connectivity index (χ1n) is 8.22. The van der Waals surface area contributed by atoms with Gasteiger partial charge >= 0.3 is 0 Å². The van der Waals surface area contributed by atoms with Gasteiger partial charge in [0.05, 0.1) is 0 Å². The standard InChI is InChI=1S/C19H23ClN4O.HI/c1-21-19(23-12-11-15-7-5-6-10-17(15)20)24-14-13-22-18(25)16-8-3-2-4-9-16;/h2-10H,11-14H2,1H3,(H,22,25)(H2,21,23,24);1H. The van der Waals surface area contributed by atoms with Crippen LogP contribution in [0.5, 0.6) is 0 Å². The monoisotopic (exact) mass is 486 g/mol.